The Hall–Kier alpha value is 0.0800. The van der Waals surface area contributed by atoms with Crippen LogP contribution in [0.4, 0.5) is 0 Å². The first-order valence-corrected chi connectivity index (χ1v) is 9.01. The second-order valence-corrected chi connectivity index (χ2v) is 7.55. The van der Waals surface area contributed by atoms with E-state index in [-0.39, 0.29) is 6.04 Å². The molecule has 2 aromatic rings. The number of rotatable bonds is 4. The molecule has 0 aliphatic rings. The van der Waals surface area contributed by atoms with Crippen LogP contribution in [0.15, 0.2) is 27.1 Å². The first-order valence-electron chi connectivity index (χ1n) is 6.34. The predicted octanol–water partition coefficient (Wildman–Crippen LogP) is 4.35. The van der Waals surface area contributed by atoms with Crippen LogP contribution in [0.25, 0.3) is 0 Å². The van der Waals surface area contributed by atoms with Crippen molar-refractivity contribution in [2.24, 2.45) is 12.8 Å². The molecule has 1 atom stereocenters. The Bertz CT molecular complexity index is 625. The van der Waals surface area contributed by atoms with E-state index in [1.807, 2.05) is 17.8 Å². The number of halogens is 3. The van der Waals surface area contributed by atoms with Gasteiger partial charge in [0.1, 0.15) is 0 Å². The van der Waals surface area contributed by atoms with Gasteiger partial charge in [0.15, 0.2) is 0 Å². The zero-order chi connectivity index (χ0) is 14.9. The lowest BCUT2D eigenvalue weighted by atomic mass is 10.0. The molecule has 1 unspecified atom stereocenters. The van der Waals surface area contributed by atoms with Gasteiger partial charge in [-0.25, -0.2) is 0 Å². The van der Waals surface area contributed by atoms with Crippen LogP contribution in [0.5, 0.6) is 0 Å². The van der Waals surface area contributed by atoms with Crippen molar-refractivity contribution in [3.05, 3.63) is 47.7 Å². The molecule has 0 fully saturated rings. The molecule has 0 aliphatic carbocycles. The van der Waals surface area contributed by atoms with E-state index >= 15 is 0 Å². The van der Waals surface area contributed by atoms with Crippen LogP contribution in [-0.2, 0) is 19.9 Å². The SMILES string of the molecule is CCc1nn(C)c(CC(N)c2cc(I)ccc2Br)c1Br. The van der Waals surface area contributed by atoms with Gasteiger partial charge in [0.2, 0.25) is 0 Å². The third kappa shape index (κ3) is 3.45. The van der Waals surface area contributed by atoms with Gasteiger partial charge in [0, 0.05) is 27.6 Å². The molecule has 20 heavy (non-hydrogen) atoms. The zero-order valence-corrected chi connectivity index (χ0v) is 16.7. The summed E-state index contributed by atoms with van der Waals surface area (Å²) in [4.78, 5) is 0. The highest BCUT2D eigenvalue weighted by molar-refractivity contribution is 14.1. The first kappa shape index (κ1) is 16.5. The minimum Gasteiger partial charge on any atom is -0.324 e. The van der Waals surface area contributed by atoms with Crippen molar-refractivity contribution in [1.82, 2.24) is 9.78 Å². The maximum absolute atomic E-state index is 6.39. The topological polar surface area (TPSA) is 43.8 Å². The molecular weight excluding hydrogens is 497 g/mol. The molecule has 0 saturated heterocycles. The number of nitrogens with two attached hydrogens (primary N) is 1. The molecule has 1 heterocycles. The number of hydrogen-bond acceptors (Lipinski definition) is 2. The molecule has 0 aliphatic heterocycles. The molecule has 0 amide bonds. The highest BCUT2D eigenvalue weighted by Crippen LogP contribution is 2.29. The second-order valence-electron chi connectivity index (χ2n) is 4.66. The van der Waals surface area contributed by atoms with Crippen molar-refractivity contribution in [1.29, 1.82) is 0 Å². The van der Waals surface area contributed by atoms with Crippen LogP contribution >= 0.6 is 54.5 Å². The average Bonchev–Trinajstić information content (AvgIpc) is 2.68. The van der Waals surface area contributed by atoms with Crippen LogP contribution in [0.1, 0.15) is 29.9 Å². The van der Waals surface area contributed by atoms with Crippen molar-refractivity contribution in [3.8, 4) is 0 Å². The van der Waals surface area contributed by atoms with E-state index in [0.717, 1.165) is 38.7 Å². The second kappa shape index (κ2) is 6.89. The van der Waals surface area contributed by atoms with Gasteiger partial charge in [-0.3, -0.25) is 4.68 Å². The summed E-state index contributed by atoms with van der Waals surface area (Å²) < 4.78 is 5.25. The van der Waals surface area contributed by atoms with E-state index in [4.69, 9.17) is 5.73 Å². The molecular formula is C14H16Br2IN3. The van der Waals surface area contributed by atoms with Gasteiger partial charge in [-0.05, 0) is 68.7 Å². The van der Waals surface area contributed by atoms with Crippen LogP contribution in [-0.4, -0.2) is 9.78 Å². The summed E-state index contributed by atoms with van der Waals surface area (Å²) in [5.74, 6) is 0. The Kier molecular flexibility index (Phi) is 5.67. The zero-order valence-electron chi connectivity index (χ0n) is 11.3. The maximum atomic E-state index is 6.39. The lowest BCUT2D eigenvalue weighted by Crippen LogP contribution is -2.16. The van der Waals surface area contributed by atoms with E-state index in [9.17, 15) is 0 Å². The van der Waals surface area contributed by atoms with Gasteiger partial charge < -0.3 is 5.73 Å². The summed E-state index contributed by atoms with van der Waals surface area (Å²) in [6.45, 7) is 2.10. The van der Waals surface area contributed by atoms with Gasteiger partial charge in [0.25, 0.3) is 0 Å². The number of benzene rings is 1. The Morgan fingerprint density at radius 3 is 2.70 bits per heavy atom. The van der Waals surface area contributed by atoms with E-state index in [2.05, 4.69) is 78.6 Å². The Morgan fingerprint density at radius 2 is 2.10 bits per heavy atom. The molecule has 3 nitrogen and oxygen atoms in total. The number of hydrogen-bond donors (Lipinski definition) is 1. The summed E-state index contributed by atoms with van der Waals surface area (Å²) in [6, 6.07) is 6.18. The summed E-state index contributed by atoms with van der Waals surface area (Å²) in [6.07, 6.45) is 1.67. The molecule has 2 N–H and O–H groups in total. The van der Waals surface area contributed by atoms with Gasteiger partial charge >= 0.3 is 0 Å². The number of aromatic nitrogens is 2. The summed E-state index contributed by atoms with van der Waals surface area (Å²) in [5.41, 5.74) is 9.74. The molecule has 0 radical (unpaired) electrons. The monoisotopic (exact) mass is 511 g/mol. The normalized spacial score (nSPS) is 12.7. The Labute approximate surface area is 149 Å². The fourth-order valence-electron chi connectivity index (χ4n) is 2.16. The van der Waals surface area contributed by atoms with Gasteiger partial charge in [-0.2, -0.15) is 5.10 Å². The van der Waals surface area contributed by atoms with Crippen molar-refractivity contribution in [2.45, 2.75) is 25.8 Å². The van der Waals surface area contributed by atoms with Gasteiger partial charge in [-0.15, -0.1) is 0 Å². The summed E-state index contributed by atoms with van der Waals surface area (Å²) >= 11 is 9.53. The smallest absolute Gasteiger partial charge is 0.0766 e. The Balaban J connectivity index is 2.30. The molecule has 2 rings (SSSR count). The highest BCUT2D eigenvalue weighted by Gasteiger charge is 2.18. The average molecular weight is 513 g/mol. The van der Waals surface area contributed by atoms with Crippen LogP contribution < -0.4 is 5.73 Å². The first-order chi connectivity index (χ1) is 9.43. The van der Waals surface area contributed by atoms with E-state index in [1.54, 1.807) is 0 Å². The van der Waals surface area contributed by atoms with Crippen molar-refractivity contribution < 1.29 is 0 Å². The largest absolute Gasteiger partial charge is 0.324 e. The summed E-state index contributed by atoms with van der Waals surface area (Å²) in [5, 5.41) is 4.52. The molecule has 0 bridgehead atoms. The van der Waals surface area contributed by atoms with Crippen LogP contribution in [0.3, 0.4) is 0 Å². The van der Waals surface area contributed by atoms with E-state index in [0.29, 0.717) is 0 Å². The fourth-order valence-corrected chi connectivity index (χ4v) is 3.99. The molecule has 0 spiro atoms. The van der Waals surface area contributed by atoms with E-state index in [1.165, 1.54) is 3.57 Å². The van der Waals surface area contributed by atoms with Crippen molar-refractivity contribution in [3.63, 3.8) is 0 Å². The van der Waals surface area contributed by atoms with Crippen LogP contribution in [0.2, 0.25) is 0 Å². The third-order valence-electron chi connectivity index (χ3n) is 3.27. The van der Waals surface area contributed by atoms with Crippen molar-refractivity contribution in [2.75, 3.05) is 0 Å². The molecule has 108 valence electrons. The highest BCUT2D eigenvalue weighted by atomic mass is 127. The van der Waals surface area contributed by atoms with Gasteiger partial charge in [0.05, 0.1) is 15.9 Å². The molecule has 0 saturated carbocycles. The minimum absolute atomic E-state index is 0.0597. The van der Waals surface area contributed by atoms with Gasteiger partial charge in [-0.1, -0.05) is 22.9 Å². The summed E-state index contributed by atoms with van der Waals surface area (Å²) in [7, 11) is 1.97. The van der Waals surface area contributed by atoms with E-state index < -0.39 is 0 Å². The van der Waals surface area contributed by atoms with Crippen molar-refractivity contribution >= 4 is 54.5 Å². The number of nitrogens with zero attached hydrogens (tertiary/aromatic N) is 2. The maximum Gasteiger partial charge on any atom is 0.0766 e. The molecule has 6 heteroatoms. The lowest BCUT2D eigenvalue weighted by molar-refractivity contribution is 0.635. The Morgan fingerprint density at radius 1 is 1.40 bits per heavy atom. The fraction of sp³-hybridized carbons (Fsp3) is 0.357. The predicted molar refractivity (Wildman–Crippen MR) is 97.8 cm³/mol. The molecule has 1 aromatic carbocycles. The molecule has 1 aromatic heterocycles. The lowest BCUT2D eigenvalue weighted by Gasteiger charge is -2.15. The third-order valence-corrected chi connectivity index (χ3v) is 5.58. The minimum atomic E-state index is -0.0597. The number of aryl methyl sites for hydroxylation is 2. The van der Waals surface area contributed by atoms with Crippen LogP contribution in [0, 0.1) is 3.57 Å². The quantitative estimate of drug-likeness (QED) is 0.619. The standard InChI is InChI=1S/C14H16Br2IN3/c1-3-12-14(16)13(20(2)19-12)7-11(18)9-6-8(17)4-5-10(9)15/h4-6,11H,3,7,18H2,1-2H3.